The van der Waals surface area contributed by atoms with Gasteiger partial charge in [-0.1, -0.05) is 0 Å². The number of nitrogens with one attached hydrogen (secondary N) is 2. The van der Waals surface area contributed by atoms with E-state index >= 15 is 0 Å². The van der Waals surface area contributed by atoms with Gasteiger partial charge in [-0.25, -0.2) is 19.9 Å². The van der Waals surface area contributed by atoms with Crippen LogP contribution >= 0.6 is 11.3 Å². The summed E-state index contributed by atoms with van der Waals surface area (Å²) in [6, 6.07) is 11.8. The summed E-state index contributed by atoms with van der Waals surface area (Å²) >= 11 is 1.57. The van der Waals surface area contributed by atoms with Gasteiger partial charge >= 0.3 is 0 Å². The molecule has 0 radical (unpaired) electrons. The molecule has 5 rings (SSSR count). The number of ether oxygens (including phenoxy) is 2. The van der Waals surface area contributed by atoms with Crippen LogP contribution in [0.25, 0.3) is 10.9 Å². The monoisotopic (exact) mass is 462 g/mol. The topological polar surface area (TPSA) is 114 Å². The van der Waals surface area contributed by atoms with Crippen molar-refractivity contribution in [2.75, 3.05) is 23.8 Å². The Labute approximate surface area is 194 Å². The van der Waals surface area contributed by atoms with Gasteiger partial charge in [0.25, 0.3) is 6.02 Å². The molecular formula is C23H22N6O3S. The predicted octanol–water partition coefficient (Wildman–Crippen LogP) is 3.88. The first-order chi connectivity index (χ1) is 16.2. The van der Waals surface area contributed by atoms with E-state index in [1.165, 1.54) is 6.33 Å². The lowest BCUT2D eigenvalue weighted by atomic mass is 10.1. The van der Waals surface area contributed by atoms with Crippen molar-refractivity contribution in [1.29, 1.82) is 0 Å². The molecule has 168 valence electrons. The van der Waals surface area contributed by atoms with E-state index in [4.69, 9.17) is 9.47 Å². The summed E-state index contributed by atoms with van der Waals surface area (Å²) < 4.78 is 11.4. The van der Waals surface area contributed by atoms with E-state index in [9.17, 15) is 5.11 Å². The highest BCUT2D eigenvalue weighted by Gasteiger charge is 2.18. The number of aliphatic hydroxyl groups is 1. The molecule has 9 nitrogen and oxygen atoms in total. The first kappa shape index (κ1) is 21.1. The van der Waals surface area contributed by atoms with Crippen LogP contribution < -0.4 is 15.4 Å². The van der Waals surface area contributed by atoms with Gasteiger partial charge in [-0.15, -0.1) is 11.3 Å². The average molecular weight is 463 g/mol. The minimum atomic E-state index is -0.231. The fraction of sp³-hybridized carbons (Fsp3) is 0.217. The summed E-state index contributed by atoms with van der Waals surface area (Å²) in [7, 11) is 0. The van der Waals surface area contributed by atoms with Crippen LogP contribution in [0.1, 0.15) is 10.6 Å². The minimum absolute atomic E-state index is 0.0427. The maximum atomic E-state index is 9.23. The Morgan fingerprint density at radius 1 is 1.12 bits per heavy atom. The molecule has 3 heterocycles. The zero-order valence-corrected chi connectivity index (χ0v) is 18.7. The predicted molar refractivity (Wildman–Crippen MR) is 128 cm³/mol. The Morgan fingerprint density at radius 2 is 2.00 bits per heavy atom. The van der Waals surface area contributed by atoms with Gasteiger partial charge in [0, 0.05) is 28.3 Å². The standard InChI is InChI=1S/C23H22N6O3S/c1-14-8-15(3-5-20(14)31-12-21-24-6-7-33-21)27-22-18-9-16(2-4-19(18)25-13-26-22)28-23-29-17(10-30)11-32-23/h2-9,13,17,30H,10-12H2,1H3,(H,28,29)(H,25,26,27). The Morgan fingerprint density at radius 3 is 2.79 bits per heavy atom. The van der Waals surface area contributed by atoms with Gasteiger partial charge in [0.1, 0.15) is 42.2 Å². The summed E-state index contributed by atoms with van der Waals surface area (Å²) in [5.41, 5.74) is 3.49. The fourth-order valence-corrected chi connectivity index (χ4v) is 3.95. The summed E-state index contributed by atoms with van der Waals surface area (Å²) in [6.45, 7) is 2.78. The van der Waals surface area contributed by atoms with Crippen molar-refractivity contribution in [3.8, 4) is 5.75 Å². The van der Waals surface area contributed by atoms with Gasteiger partial charge in [0.2, 0.25) is 0 Å². The van der Waals surface area contributed by atoms with Gasteiger partial charge in [-0.2, -0.15) is 0 Å². The van der Waals surface area contributed by atoms with Gasteiger partial charge in [-0.05, 0) is 48.9 Å². The number of amidine groups is 1. The number of rotatable bonds is 7. The number of hydrogen-bond donors (Lipinski definition) is 3. The molecule has 0 spiro atoms. The van der Waals surface area contributed by atoms with Crippen LogP contribution in [0.3, 0.4) is 0 Å². The smallest absolute Gasteiger partial charge is 0.289 e. The second-order valence-corrected chi connectivity index (χ2v) is 8.46. The third-order valence-electron chi connectivity index (χ3n) is 5.08. The van der Waals surface area contributed by atoms with Crippen molar-refractivity contribution in [3.63, 3.8) is 0 Å². The van der Waals surface area contributed by atoms with Crippen LogP contribution in [-0.2, 0) is 11.3 Å². The van der Waals surface area contributed by atoms with Crippen LogP contribution in [0, 0.1) is 6.92 Å². The van der Waals surface area contributed by atoms with E-state index in [1.54, 1.807) is 17.5 Å². The Bertz CT molecular complexity index is 1290. The highest BCUT2D eigenvalue weighted by atomic mass is 32.1. The SMILES string of the molecule is Cc1cc(Nc2ncnc3ccc(NC4=NC(CO)CO4)cc23)ccc1OCc1nccs1. The number of benzene rings is 2. The van der Waals surface area contributed by atoms with E-state index in [2.05, 4.69) is 30.6 Å². The number of hydrogen-bond acceptors (Lipinski definition) is 10. The highest BCUT2D eigenvalue weighted by molar-refractivity contribution is 7.09. The van der Waals surface area contributed by atoms with Crippen LogP contribution in [0.2, 0.25) is 0 Å². The maximum absolute atomic E-state index is 9.23. The van der Waals surface area contributed by atoms with Gasteiger partial charge in [-0.3, -0.25) is 0 Å². The Balaban J connectivity index is 1.34. The molecule has 1 aliphatic heterocycles. The molecule has 0 amide bonds. The number of aromatic nitrogens is 3. The van der Waals surface area contributed by atoms with E-state index in [0.717, 1.165) is 38.6 Å². The number of aliphatic hydroxyl groups excluding tert-OH is 1. The lowest BCUT2D eigenvalue weighted by molar-refractivity contribution is 0.227. The second kappa shape index (κ2) is 9.39. The molecule has 33 heavy (non-hydrogen) atoms. The van der Waals surface area contributed by atoms with Gasteiger partial charge in [0.05, 0.1) is 12.1 Å². The first-order valence-electron chi connectivity index (χ1n) is 10.4. The average Bonchev–Trinajstić information content (AvgIpc) is 3.51. The molecule has 0 saturated carbocycles. The van der Waals surface area contributed by atoms with Crippen molar-refractivity contribution < 1.29 is 14.6 Å². The number of anilines is 3. The van der Waals surface area contributed by atoms with Crippen molar-refractivity contribution in [1.82, 2.24) is 15.0 Å². The molecule has 3 N–H and O–H groups in total. The van der Waals surface area contributed by atoms with E-state index in [0.29, 0.717) is 25.1 Å². The van der Waals surface area contributed by atoms with E-state index in [-0.39, 0.29) is 12.6 Å². The third-order valence-corrected chi connectivity index (χ3v) is 5.84. The second-order valence-electron chi connectivity index (χ2n) is 7.48. The quantitative estimate of drug-likeness (QED) is 0.379. The van der Waals surface area contributed by atoms with E-state index < -0.39 is 0 Å². The zero-order valence-electron chi connectivity index (χ0n) is 17.9. The van der Waals surface area contributed by atoms with Crippen molar-refractivity contribution in [2.24, 2.45) is 4.99 Å². The number of aryl methyl sites for hydroxylation is 1. The molecule has 2 aromatic heterocycles. The van der Waals surface area contributed by atoms with Gasteiger partial charge < -0.3 is 25.2 Å². The summed E-state index contributed by atoms with van der Waals surface area (Å²) in [5, 5.41) is 19.5. The van der Waals surface area contributed by atoms with Gasteiger partial charge in [0.15, 0.2) is 0 Å². The molecule has 4 aromatic rings. The largest absolute Gasteiger partial charge is 0.486 e. The molecule has 1 aliphatic rings. The fourth-order valence-electron chi connectivity index (χ4n) is 3.42. The van der Waals surface area contributed by atoms with Crippen LogP contribution in [0.5, 0.6) is 5.75 Å². The molecule has 0 fully saturated rings. The number of thiazole rings is 1. The number of aliphatic imine (C=N–C) groups is 1. The molecule has 10 heteroatoms. The molecule has 2 aromatic carbocycles. The molecule has 0 bridgehead atoms. The summed E-state index contributed by atoms with van der Waals surface area (Å²) in [4.78, 5) is 17.3. The lowest BCUT2D eigenvalue weighted by Gasteiger charge is -2.13. The zero-order chi connectivity index (χ0) is 22.6. The normalized spacial score (nSPS) is 15.2. The molecule has 0 aliphatic carbocycles. The molecule has 0 saturated heterocycles. The van der Waals surface area contributed by atoms with Crippen molar-refractivity contribution in [3.05, 3.63) is 64.9 Å². The van der Waals surface area contributed by atoms with Crippen LogP contribution in [-0.4, -0.2) is 45.3 Å². The first-order valence-corrected chi connectivity index (χ1v) is 11.3. The highest BCUT2D eigenvalue weighted by Crippen LogP contribution is 2.29. The van der Waals surface area contributed by atoms with Crippen molar-refractivity contribution in [2.45, 2.75) is 19.6 Å². The molecule has 1 atom stereocenters. The Hall–Kier alpha value is -3.76. The van der Waals surface area contributed by atoms with E-state index in [1.807, 2.05) is 48.7 Å². The third kappa shape index (κ3) is 4.86. The lowest BCUT2D eigenvalue weighted by Crippen LogP contribution is -2.12. The molecular weight excluding hydrogens is 440 g/mol. The number of fused-ring (bicyclic) bond motifs is 1. The van der Waals surface area contributed by atoms with Crippen LogP contribution in [0.15, 0.2) is 59.3 Å². The number of nitrogens with zero attached hydrogens (tertiary/aromatic N) is 4. The minimum Gasteiger partial charge on any atom is -0.486 e. The summed E-state index contributed by atoms with van der Waals surface area (Å²) in [5.74, 6) is 1.50. The van der Waals surface area contributed by atoms with Crippen LogP contribution in [0.4, 0.5) is 17.2 Å². The maximum Gasteiger partial charge on any atom is 0.289 e. The Kier molecular flexibility index (Phi) is 6.01. The van der Waals surface area contributed by atoms with Crippen molar-refractivity contribution >= 4 is 45.5 Å². The molecule has 1 unspecified atom stereocenters. The summed E-state index contributed by atoms with van der Waals surface area (Å²) in [6.07, 6.45) is 3.31.